The second-order valence-corrected chi connectivity index (χ2v) is 4.02. The van der Waals surface area contributed by atoms with E-state index < -0.39 is 31.1 Å². The number of ether oxygens (including phenoxy) is 1. The summed E-state index contributed by atoms with van der Waals surface area (Å²) in [6.07, 6.45) is 0.942. The van der Waals surface area contributed by atoms with Gasteiger partial charge in [-0.2, -0.15) is 0 Å². The summed E-state index contributed by atoms with van der Waals surface area (Å²) in [7, 11) is 0. The first-order chi connectivity index (χ1) is 8.45. The molecule has 0 amide bonds. The molecule has 2 N–H and O–H groups in total. The minimum Gasteiger partial charge on any atom is -0.549 e. The van der Waals surface area contributed by atoms with Gasteiger partial charge >= 0.3 is 35.5 Å². The molecule has 8 heteroatoms. The largest absolute Gasteiger partial charge is 1.00 e. The van der Waals surface area contributed by atoms with Gasteiger partial charge in [0.1, 0.15) is 0 Å². The van der Waals surface area contributed by atoms with E-state index in [4.69, 9.17) is 9.84 Å². The summed E-state index contributed by atoms with van der Waals surface area (Å²) in [6, 6.07) is 0. The van der Waals surface area contributed by atoms with Crippen LogP contribution in [0, 0.1) is 0 Å². The molecule has 1 atom stereocenters. The van der Waals surface area contributed by atoms with Crippen molar-refractivity contribution >= 4 is 11.9 Å². The molecule has 0 saturated carbocycles. The molecule has 0 bridgehead atoms. The Morgan fingerprint density at radius 3 is 2.47 bits per heavy atom. The quantitative estimate of drug-likeness (QED) is 0.290. The molecule has 0 spiro atoms. The number of aliphatic hydroxyl groups excluding tert-OH is 1. The number of carboxylic acids is 2. The molecule has 0 aromatic carbocycles. The Hall–Kier alpha value is -0.180. The van der Waals surface area contributed by atoms with Gasteiger partial charge in [0, 0.05) is 19.7 Å². The van der Waals surface area contributed by atoms with Gasteiger partial charge in [0.05, 0.1) is 25.2 Å². The van der Waals surface area contributed by atoms with Gasteiger partial charge in [0.2, 0.25) is 0 Å². The van der Waals surface area contributed by atoms with Crippen molar-refractivity contribution in [2.24, 2.45) is 0 Å². The van der Waals surface area contributed by atoms with Crippen LogP contribution in [0.5, 0.6) is 0 Å². The van der Waals surface area contributed by atoms with E-state index in [2.05, 4.69) is 0 Å². The number of unbranched alkanes of at least 4 members (excludes halogenated alkanes) is 1. The number of hydrogen-bond acceptors (Lipinski definition) is 6. The number of nitrogens with zero attached hydrogens (tertiary/aromatic N) is 1. The van der Waals surface area contributed by atoms with Gasteiger partial charge in [-0.15, -0.1) is 0 Å². The maximum absolute atomic E-state index is 10.5. The Kier molecular flexibility index (Phi) is 14.3. The molecule has 0 aromatic rings. The zero-order chi connectivity index (χ0) is 14.0. The summed E-state index contributed by atoms with van der Waals surface area (Å²) < 4.78 is 5.16. The van der Waals surface area contributed by atoms with E-state index >= 15 is 0 Å². The van der Waals surface area contributed by atoms with Crippen molar-refractivity contribution < 1.29 is 59.2 Å². The third-order valence-electron chi connectivity index (χ3n) is 2.13. The van der Waals surface area contributed by atoms with Crippen LogP contribution in [0.4, 0.5) is 0 Å². The molecule has 0 saturated heterocycles. The molecule has 7 nitrogen and oxygen atoms in total. The van der Waals surface area contributed by atoms with Crippen LogP contribution in [0.1, 0.15) is 19.8 Å². The van der Waals surface area contributed by atoms with E-state index in [1.54, 1.807) is 0 Å². The molecule has 106 valence electrons. The van der Waals surface area contributed by atoms with E-state index in [1.165, 1.54) is 0 Å². The summed E-state index contributed by atoms with van der Waals surface area (Å²) in [5.41, 5.74) is 0. The molecule has 0 aliphatic carbocycles. The smallest absolute Gasteiger partial charge is 0.549 e. The van der Waals surface area contributed by atoms with E-state index in [9.17, 15) is 19.8 Å². The fraction of sp³-hybridized carbons (Fsp3) is 0.818. The van der Waals surface area contributed by atoms with Crippen molar-refractivity contribution in [1.29, 1.82) is 0 Å². The minimum atomic E-state index is -1.38. The SMILES string of the molecule is CCCCOCC(O)CN(CC(=O)[O-])CC(=O)O.[Na+]. The van der Waals surface area contributed by atoms with Gasteiger partial charge in [-0.3, -0.25) is 9.69 Å². The van der Waals surface area contributed by atoms with Gasteiger partial charge in [-0.25, -0.2) is 0 Å². The topological polar surface area (TPSA) is 110 Å². The van der Waals surface area contributed by atoms with Crippen LogP contribution in [0.25, 0.3) is 0 Å². The van der Waals surface area contributed by atoms with E-state index in [-0.39, 0.29) is 42.7 Å². The average molecular weight is 285 g/mol. The maximum Gasteiger partial charge on any atom is 1.00 e. The van der Waals surface area contributed by atoms with Crippen LogP contribution < -0.4 is 34.7 Å². The number of rotatable bonds is 11. The van der Waals surface area contributed by atoms with Gasteiger partial charge in [-0.05, 0) is 6.42 Å². The zero-order valence-electron chi connectivity index (χ0n) is 11.5. The van der Waals surface area contributed by atoms with Crippen molar-refractivity contribution in [3.8, 4) is 0 Å². The fourth-order valence-electron chi connectivity index (χ4n) is 1.38. The molecule has 0 rings (SSSR count). The Balaban J connectivity index is 0. The number of aliphatic hydroxyl groups is 1. The number of carbonyl (C=O) groups excluding carboxylic acids is 1. The van der Waals surface area contributed by atoms with E-state index in [0.29, 0.717) is 6.61 Å². The normalized spacial score (nSPS) is 11.9. The standard InChI is InChI=1S/C11H21NO6.Na/c1-2-3-4-18-8-9(13)5-12(6-10(14)15)7-11(16)17;/h9,13H,2-8H2,1H3,(H,14,15)(H,16,17);/q;+1/p-1. The Morgan fingerprint density at radius 2 is 2.00 bits per heavy atom. The van der Waals surface area contributed by atoms with Crippen molar-refractivity contribution in [2.45, 2.75) is 25.9 Å². The Bertz CT molecular complexity index is 248. The second kappa shape index (κ2) is 12.8. The zero-order valence-corrected chi connectivity index (χ0v) is 13.5. The predicted octanol–water partition coefficient (Wildman–Crippen LogP) is -4.70. The molecule has 0 aromatic heterocycles. The van der Waals surface area contributed by atoms with Gasteiger partial charge < -0.3 is 24.9 Å². The first-order valence-corrected chi connectivity index (χ1v) is 5.85. The van der Waals surface area contributed by atoms with Crippen LogP contribution in [0.2, 0.25) is 0 Å². The fourth-order valence-corrected chi connectivity index (χ4v) is 1.38. The predicted molar refractivity (Wildman–Crippen MR) is 60.8 cm³/mol. The second-order valence-electron chi connectivity index (χ2n) is 4.02. The van der Waals surface area contributed by atoms with Crippen LogP contribution in [-0.2, 0) is 14.3 Å². The summed E-state index contributed by atoms with van der Waals surface area (Å²) in [5, 5.41) is 28.6. The molecule has 0 aliphatic rings. The van der Waals surface area contributed by atoms with Crippen molar-refractivity contribution in [3.63, 3.8) is 0 Å². The molecular formula is C11H20NNaO6. The van der Waals surface area contributed by atoms with Crippen molar-refractivity contribution in [1.82, 2.24) is 4.90 Å². The summed E-state index contributed by atoms with van der Waals surface area (Å²) in [4.78, 5) is 22.0. The van der Waals surface area contributed by atoms with Crippen LogP contribution in [0.15, 0.2) is 0 Å². The number of carbonyl (C=O) groups is 2. The molecule has 1 unspecified atom stereocenters. The summed E-state index contributed by atoms with van der Waals surface area (Å²) in [5.74, 6) is -2.54. The molecule has 0 fully saturated rings. The third kappa shape index (κ3) is 14.0. The molecule has 0 heterocycles. The van der Waals surface area contributed by atoms with Crippen molar-refractivity contribution in [2.75, 3.05) is 32.8 Å². The summed E-state index contributed by atoms with van der Waals surface area (Å²) >= 11 is 0. The van der Waals surface area contributed by atoms with E-state index in [0.717, 1.165) is 17.7 Å². The van der Waals surface area contributed by atoms with Gasteiger partial charge in [0.15, 0.2) is 0 Å². The molecular weight excluding hydrogens is 265 g/mol. The van der Waals surface area contributed by atoms with Gasteiger partial charge in [-0.1, -0.05) is 13.3 Å². The molecule has 0 radical (unpaired) electrons. The minimum absolute atomic E-state index is 0. The maximum atomic E-state index is 10.5. The third-order valence-corrected chi connectivity index (χ3v) is 2.13. The van der Waals surface area contributed by atoms with Crippen molar-refractivity contribution in [3.05, 3.63) is 0 Å². The molecule has 19 heavy (non-hydrogen) atoms. The monoisotopic (exact) mass is 285 g/mol. The average Bonchev–Trinajstić information content (AvgIpc) is 2.22. The number of hydrogen-bond donors (Lipinski definition) is 2. The first-order valence-electron chi connectivity index (χ1n) is 5.85. The summed E-state index contributed by atoms with van der Waals surface area (Å²) in [6.45, 7) is 1.52. The number of aliphatic carboxylic acids is 2. The molecule has 0 aliphatic heterocycles. The van der Waals surface area contributed by atoms with E-state index in [1.807, 2.05) is 6.92 Å². The number of carboxylic acid groups (broad SMARTS) is 2. The Labute approximate surface area is 134 Å². The first kappa shape index (κ1) is 21.1. The van der Waals surface area contributed by atoms with Gasteiger partial charge in [0.25, 0.3) is 0 Å². The van der Waals surface area contributed by atoms with Crippen LogP contribution in [0.3, 0.4) is 0 Å². The Morgan fingerprint density at radius 1 is 1.37 bits per heavy atom. The van der Waals surface area contributed by atoms with Crippen LogP contribution >= 0.6 is 0 Å². The van der Waals surface area contributed by atoms with Crippen LogP contribution in [-0.4, -0.2) is 66.0 Å².